The summed E-state index contributed by atoms with van der Waals surface area (Å²) in [5, 5.41) is 2.83. The van der Waals surface area contributed by atoms with Crippen molar-refractivity contribution in [1.82, 2.24) is 0 Å². The van der Waals surface area contributed by atoms with Crippen LogP contribution in [-0.2, 0) is 4.79 Å². The Morgan fingerprint density at radius 3 is 2.27 bits per heavy atom. The third-order valence-corrected chi connectivity index (χ3v) is 3.66. The van der Waals surface area contributed by atoms with E-state index in [9.17, 15) is 4.79 Å². The SMILES string of the molecule is CCC(C)C(N)C(=O)Nc1ccc(Oc2ccccc2)cc1. The first-order valence-electron chi connectivity index (χ1n) is 7.49. The minimum Gasteiger partial charge on any atom is -0.457 e. The van der Waals surface area contributed by atoms with Crippen molar-refractivity contribution in [1.29, 1.82) is 0 Å². The Balaban J connectivity index is 1.96. The highest BCUT2D eigenvalue weighted by Crippen LogP contribution is 2.22. The summed E-state index contributed by atoms with van der Waals surface area (Å²) < 4.78 is 5.70. The van der Waals surface area contributed by atoms with Crippen LogP contribution in [0.5, 0.6) is 11.5 Å². The van der Waals surface area contributed by atoms with Gasteiger partial charge in [-0.25, -0.2) is 0 Å². The average molecular weight is 298 g/mol. The molecule has 0 radical (unpaired) electrons. The largest absolute Gasteiger partial charge is 0.457 e. The molecule has 0 aliphatic carbocycles. The van der Waals surface area contributed by atoms with Gasteiger partial charge in [-0.2, -0.15) is 0 Å². The van der Waals surface area contributed by atoms with Crippen LogP contribution in [0, 0.1) is 5.92 Å². The lowest BCUT2D eigenvalue weighted by Gasteiger charge is -2.17. The zero-order valence-electron chi connectivity index (χ0n) is 13.0. The van der Waals surface area contributed by atoms with Crippen LogP contribution in [0.25, 0.3) is 0 Å². The molecule has 2 unspecified atom stereocenters. The van der Waals surface area contributed by atoms with E-state index in [1.54, 1.807) is 12.1 Å². The smallest absolute Gasteiger partial charge is 0.241 e. The highest BCUT2D eigenvalue weighted by Gasteiger charge is 2.19. The predicted molar refractivity (Wildman–Crippen MR) is 89.0 cm³/mol. The molecular formula is C18H22N2O2. The first-order valence-corrected chi connectivity index (χ1v) is 7.49. The molecule has 0 saturated carbocycles. The van der Waals surface area contributed by atoms with Crippen molar-refractivity contribution < 1.29 is 9.53 Å². The van der Waals surface area contributed by atoms with Crippen LogP contribution in [0.3, 0.4) is 0 Å². The molecule has 2 atom stereocenters. The minimum absolute atomic E-state index is 0.153. The van der Waals surface area contributed by atoms with Crippen molar-refractivity contribution in [2.45, 2.75) is 26.3 Å². The Bertz CT molecular complexity index is 596. The van der Waals surface area contributed by atoms with Crippen LogP contribution >= 0.6 is 0 Å². The molecule has 0 bridgehead atoms. The van der Waals surface area contributed by atoms with Gasteiger partial charge < -0.3 is 15.8 Å². The summed E-state index contributed by atoms with van der Waals surface area (Å²) in [6.07, 6.45) is 0.873. The number of rotatable bonds is 6. The van der Waals surface area contributed by atoms with E-state index in [1.807, 2.05) is 56.3 Å². The van der Waals surface area contributed by atoms with E-state index in [4.69, 9.17) is 10.5 Å². The summed E-state index contributed by atoms with van der Waals surface area (Å²) in [4.78, 5) is 12.0. The van der Waals surface area contributed by atoms with Gasteiger partial charge in [0.2, 0.25) is 5.91 Å². The fraction of sp³-hybridized carbons (Fsp3) is 0.278. The Hall–Kier alpha value is -2.33. The second-order valence-electron chi connectivity index (χ2n) is 5.34. The van der Waals surface area contributed by atoms with Gasteiger partial charge >= 0.3 is 0 Å². The Morgan fingerprint density at radius 2 is 1.68 bits per heavy atom. The Labute approximate surface area is 131 Å². The molecule has 2 aromatic rings. The van der Waals surface area contributed by atoms with Crippen molar-refractivity contribution in [3.05, 3.63) is 54.6 Å². The number of benzene rings is 2. The molecule has 4 nitrogen and oxygen atoms in total. The fourth-order valence-corrected chi connectivity index (χ4v) is 1.97. The first kappa shape index (κ1) is 16.0. The normalized spacial score (nSPS) is 13.2. The number of para-hydroxylation sites is 1. The van der Waals surface area contributed by atoms with Crippen LogP contribution < -0.4 is 15.8 Å². The van der Waals surface area contributed by atoms with Crippen molar-refractivity contribution in [2.24, 2.45) is 11.7 Å². The van der Waals surface area contributed by atoms with Gasteiger partial charge in [0.1, 0.15) is 11.5 Å². The fourth-order valence-electron chi connectivity index (χ4n) is 1.97. The van der Waals surface area contributed by atoms with Crippen molar-refractivity contribution in [3.63, 3.8) is 0 Å². The predicted octanol–water partition coefficient (Wildman–Crippen LogP) is 3.79. The molecule has 22 heavy (non-hydrogen) atoms. The zero-order valence-corrected chi connectivity index (χ0v) is 13.0. The van der Waals surface area contributed by atoms with E-state index in [-0.39, 0.29) is 11.8 Å². The second-order valence-corrected chi connectivity index (χ2v) is 5.34. The van der Waals surface area contributed by atoms with E-state index in [2.05, 4.69) is 5.32 Å². The summed E-state index contributed by atoms with van der Waals surface area (Å²) in [6, 6.07) is 16.3. The van der Waals surface area contributed by atoms with Crippen LogP contribution in [0.2, 0.25) is 0 Å². The number of carbonyl (C=O) groups excluding carboxylic acids is 1. The van der Waals surface area contributed by atoms with E-state index in [1.165, 1.54) is 0 Å². The van der Waals surface area contributed by atoms with Crippen molar-refractivity contribution in [3.8, 4) is 11.5 Å². The number of ether oxygens (including phenoxy) is 1. The lowest BCUT2D eigenvalue weighted by molar-refractivity contribution is -0.118. The third kappa shape index (κ3) is 4.33. The van der Waals surface area contributed by atoms with Crippen LogP contribution in [0.1, 0.15) is 20.3 Å². The number of hydrogen-bond acceptors (Lipinski definition) is 3. The van der Waals surface area contributed by atoms with Crippen molar-refractivity contribution >= 4 is 11.6 Å². The molecule has 2 rings (SSSR count). The van der Waals surface area contributed by atoms with Gasteiger partial charge in [-0.1, -0.05) is 38.5 Å². The number of carbonyl (C=O) groups is 1. The molecule has 0 heterocycles. The molecule has 0 aliphatic heterocycles. The van der Waals surface area contributed by atoms with Gasteiger partial charge in [-0.3, -0.25) is 4.79 Å². The molecule has 0 aromatic heterocycles. The third-order valence-electron chi connectivity index (χ3n) is 3.66. The summed E-state index contributed by atoms with van der Waals surface area (Å²) in [5.41, 5.74) is 6.63. The Morgan fingerprint density at radius 1 is 1.09 bits per heavy atom. The summed E-state index contributed by atoms with van der Waals surface area (Å²) in [6.45, 7) is 3.99. The lowest BCUT2D eigenvalue weighted by Crippen LogP contribution is -2.40. The van der Waals surface area contributed by atoms with Gasteiger partial charge in [0.15, 0.2) is 0 Å². The quantitative estimate of drug-likeness (QED) is 0.852. The summed E-state index contributed by atoms with van der Waals surface area (Å²) in [7, 11) is 0. The topological polar surface area (TPSA) is 64.4 Å². The Kier molecular flexibility index (Phi) is 5.55. The molecule has 4 heteroatoms. The summed E-state index contributed by atoms with van der Waals surface area (Å²) in [5.74, 6) is 1.49. The standard InChI is InChI=1S/C18H22N2O2/c1-3-13(2)17(19)18(21)20-14-9-11-16(12-10-14)22-15-7-5-4-6-8-15/h4-13,17H,3,19H2,1-2H3,(H,20,21). The van der Waals surface area contributed by atoms with Crippen LogP contribution in [0.4, 0.5) is 5.69 Å². The molecular weight excluding hydrogens is 276 g/mol. The highest BCUT2D eigenvalue weighted by atomic mass is 16.5. The van der Waals surface area contributed by atoms with Gasteiger partial charge in [-0.15, -0.1) is 0 Å². The van der Waals surface area contributed by atoms with Gasteiger partial charge in [0, 0.05) is 5.69 Å². The number of hydrogen-bond donors (Lipinski definition) is 2. The molecule has 0 fully saturated rings. The van der Waals surface area contributed by atoms with E-state index in [0.29, 0.717) is 5.69 Å². The lowest BCUT2D eigenvalue weighted by atomic mass is 9.99. The monoisotopic (exact) mass is 298 g/mol. The molecule has 3 N–H and O–H groups in total. The molecule has 116 valence electrons. The van der Waals surface area contributed by atoms with Crippen LogP contribution in [-0.4, -0.2) is 11.9 Å². The number of anilines is 1. The number of nitrogens with two attached hydrogens (primary N) is 1. The molecule has 2 aromatic carbocycles. The van der Waals surface area contributed by atoms with Gasteiger partial charge in [0.05, 0.1) is 6.04 Å². The van der Waals surface area contributed by atoms with E-state index >= 15 is 0 Å². The molecule has 0 aliphatic rings. The molecule has 0 spiro atoms. The second kappa shape index (κ2) is 7.61. The maximum Gasteiger partial charge on any atom is 0.241 e. The number of nitrogens with one attached hydrogen (secondary N) is 1. The zero-order chi connectivity index (χ0) is 15.9. The van der Waals surface area contributed by atoms with E-state index < -0.39 is 6.04 Å². The van der Waals surface area contributed by atoms with Gasteiger partial charge in [0.25, 0.3) is 0 Å². The maximum absolute atomic E-state index is 12.0. The van der Waals surface area contributed by atoms with Crippen LogP contribution in [0.15, 0.2) is 54.6 Å². The van der Waals surface area contributed by atoms with E-state index in [0.717, 1.165) is 17.9 Å². The number of amides is 1. The average Bonchev–Trinajstić information content (AvgIpc) is 2.56. The minimum atomic E-state index is -0.495. The van der Waals surface area contributed by atoms with Gasteiger partial charge in [-0.05, 0) is 42.3 Å². The highest BCUT2D eigenvalue weighted by molar-refractivity contribution is 5.94. The van der Waals surface area contributed by atoms with Crippen molar-refractivity contribution in [2.75, 3.05) is 5.32 Å². The molecule has 1 amide bonds. The summed E-state index contributed by atoms with van der Waals surface area (Å²) >= 11 is 0. The maximum atomic E-state index is 12.0. The molecule has 0 saturated heterocycles. The first-order chi connectivity index (χ1) is 10.6.